The van der Waals surface area contributed by atoms with Crippen LogP contribution in [0.5, 0.6) is 0 Å². The largest absolute Gasteiger partial charge is 0.456 e. The van der Waals surface area contributed by atoms with E-state index in [1.54, 1.807) is 13.0 Å². The summed E-state index contributed by atoms with van der Waals surface area (Å²) in [5.74, 6) is -1.09. The average molecular weight is 294 g/mol. The fourth-order valence-corrected chi connectivity index (χ4v) is 2.14. The molecule has 0 spiro atoms. The Morgan fingerprint density at radius 2 is 1.95 bits per heavy atom. The van der Waals surface area contributed by atoms with Gasteiger partial charge in [-0.3, -0.25) is 9.59 Å². The van der Waals surface area contributed by atoms with Crippen LogP contribution in [0.15, 0.2) is 6.33 Å². The van der Waals surface area contributed by atoms with Gasteiger partial charge in [0.2, 0.25) is 0 Å². The molecule has 2 rings (SSSR count). The lowest BCUT2D eigenvalue weighted by Crippen LogP contribution is -2.38. The van der Waals surface area contributed by atoms with Crippen LogP contribution < -0.4 is 0 Å². The van der Waals surface area contributed by atoms with Crippen molar-refractivity contribution in [1.29, 1.82) is 5.26 Å². The normalized spacial score (nSPS) is 27.9. The van der Waals surface area contributed by atoms with E-state index in [0.29, 0.717) is 0 Å². The third-order valence-corrected chi connectivity index (χ3v) is 2.89. The lowest BCUT2D eigenvalue weighted by Gasteiger charge is -2.22. The van der Waals surface area contributed by atoms with Gasteiger partial charge >= 0.3 is 11.9 Å². The van der Waals surface area contributed by atoms with E-state index in [1.165, 1.54) is 24.9 Å². The third kappa shape index (κ3) is 3.17. The molecular formula is C12H14N4O5. The molecule has 2 heterocycles. The first-order chi connectivity index (χ1) is 9.92. The number of hydrogen-bond acceptors (Lipinski definition) is 8. The molecule has 9 heteroatoms. The van der Waals surface area contributed by atoms with E-state index in [4.69, 9.17) is 19.5 Å². The highest BCUT2D eigenvalue weighted by Gasteiger charge is 2.48. The van der Waals surface area contributed by atoms with Gasteiger partial charge in [-0.25, -0.2) is 9.67 Å². The third-order valence-electron chi connectivity index (χ3n) is 2.89. The second kappa shape index (κ2) is 5.88. The standard InChI is InChI=1S/C12H14N4O5/c1-6-10(20-7(2)17)11(21-8(3)18)12(19-6)16-5-14-9(4-13)15-16/h5-6,10-12H,1-3H3/t6-,10-,11-,12-/m1/s1. The van der Waals surface area contributed by atoms with E-state index in [2.05, 4.69) is 10.1 Å². The minimum atomic E-state index is -0.866. The quantitative estimate of drug-likeness (QED) is 0.711. The Labute approximate surface area is 120 Å². The predicted molar refractivity (Wildman–Crippen MR) is 65.4 cm³/mol. The van der Waals surface area contributed by atoms with Crippen LogP contribution in [0.3, 0.4) is 0 Å². The summed E-state index contributed by atoms with van der Waals surface area (Å²) < 4.78 is 17.2. The number of hydrogen-bond donors (Lipinski definition) is 0. The maximum absolute atomic E-state index is 11.3. The number of rotatable bonds is 3. The number of nitrogens with zero attached hydrogens (tertiary/aromatic N) is 4. The second-order valence-electron chi connectivity index (χ2n) is 4.54. The predicted octanol–water partition coefficient (Wildman–Crippen LogP) is -0.0695. The summed E-state index contributed by atoms with van der Waals surface area (Å²) in [4.78, 5) is 26.2. The van der Waals surface area contributed by atoms with Gasteiger partial charge < -0.3 is 14.2 Å². The number of nitriles is 1. The summed E-state index contributed by atoms with van der Waals surface area (Å²) >= 11 is 0. The van der Waals surface area contributed by atoms with Crippen molar-refractivity contribution in [2.75, 3.05) is 0 Å². The first kappa shape index (κ1) is 14.9. The van der Waals surface area contributed by atoms with Gasteiger partial charge in [0.1, 0.15) is 12.4 Å². The van der Waals surface area contributed by atoms with Gasteiger partial charge in [-0.15, -0.1) is 5.10 Å². The number of esters is 2. The van der Waals surface area contributed by atoms with Gasteiger partial charge in [0, 0.05) is 13.8 Å². The zero-order valence-electron chi connectivity index (χ0n) is 11.7. The summed E-state index contributed by atoms with van der Waals surface area (Å²) in [6, 6.07) is 1.79. The van der Waals surface area contributed by atoms with E-state index >= 15 is 0 Å². The molecule has 1 aliphatic heterocycles. The summed E-state index contributed by atoms with van der Waals surface area (Å²) in [5.41, 5.74) is 0. The van der Waals surface area contributed by atoms with Crippen LogP contribution in [0.25, 0.3) is 0 Å². The first-order valence-electron chi connectivity index (χ1n) is 6.23. The summed E-state index contributed by atoms with van der Waals surface area (Å²) in [7, 11) is 0. The molecule has 0 saturated carbocycles. The molecule has 21 heavy (non-hydrogen) atoms. The Balaban J connectivity index is 2.28. The van der Waals surface area contributed by atoms with E-state index in [1.807, 2.05) is 0 Å². The molecule has 1 aliphatic rings. The van der Waals surface area contributed by atoms with Crippen LogP contribution in [0.4, 0.5) is 0 Å². The molecule has 0 radical (unpaired) electrons. The molecule has 0 amide bonds. The van der Waals surface area contributed by atoms with Crippen molar-refractivity contribution in [1.82, 2.24) is 14.8 Å². The molecule has 0 N–H and O–H groups in total. The maximum Gasteiger partial charge on any atom is 0.303 e. The molecule has 4 atom stereocenters. The number of ether oxygens (including phenoxy) is 3. The molecule has 112 valence electrons. The second-order valence-corrected chi connectivity index (χ2v) is 4.54. The number of carbonyl (C=O) groups is 2. The molecule has 1 aromatic heterocycles. The van der Waals surface area contributed by atoms with Crippen LogP contribution in [0.2, 0.25) is 0 Å². The Kier molecular flexibility index (Phi) is 4.18. The monoisotopic (exact) mass is 294 g/mol. The van der Waals surface area contributed by atoms with Gasteiger partial charge in [0.25, 0.3) is 5.82 Å². The lowest BCUT2D eigenvalue weighted by atomic mass is 10.1. The van der Waals surface area contributed by atoms with Crippen molar-refractivity contribution in [3.63, 3.8) is 0 Å². The Morgan fingerprint density at radius 1 is 1.33 bits per heavy atom. The molecule has 0 aromatic carbocycles. The van der Waals surface area contributed by atoms with E-state index in [9.17, 15) is 9.59 Å². The highest BCUT2D eigenvalue weighted by Crippen LogP contribution is 2.33. The molecular weight excluding hydrogens is 280 g/mol. The SMILES string of the molecule is CC(=O)O[C@@H]1[C@H](OC(C)=O)[C@@H](C)O[C@H]1n1cnc(C#N)n1. The zero-order chi connectivity index (χ0) is 15.6. The summed E-state index contributed by atoms with van der Waals surface area (Å²) in [5, 5.41) is 12.6. The van der Waals surface area contributed by atoms with E-state index in [-0.39, 0.29) is 5.82 Å². The Morgan fingerprint density at radius 3 is 2.48 bits per heavy atom. The average Bonchev–Trinajstić information content (AvgIpc) is 2.97. The van der Waals surface area contributed by atoms with Gasteiger partial charge in [-0.1, -0.05) is 0 Å². The topological polar surface area (TPSA) is 116 Å². The minimum absolute atomic E-state index is 0.0382. The molecule has 0 bridgehead atoms. The van der Waals surface area contributed by atoms with Gasteiger partial charge in [-0.2, -0.15) is 5.26 Å². The number of carbonyl (C=O) groups excluding carboxylic acids is 2. The van der Waals surface area contributed by atoms with Crippen LogP contribution in [0.1, 0.15) is 32.8 Å². The van der Waals surface area contributed by atoms with Crippen molar-refractivity contribution in [2.24, 2.45) is 0 Å². The van der Waals surface area contributed by atoms with Crippen molar-refractivity contribution in [3.8, 4) is 6.07 Å². The first-order valence-corrected chi connectivity index (χ1v) is 6.23. The van der Waals surface area contributed by atoms with Crippen LogP contribution in [0, 0.1) is 11.3 Å². The van der Waals surface area contributed by atoms with Crippen molar-refractivity contribution in [2.45, 2.75) is 45.3 Å². The fourth-order valence-electron chi connectivity index (χ4n) is 2.14. The fraction of sp³-hybridized carbons (Fsp3) is 0.583. The van der Waals surface area contributed by atoms with Crippen molar-refractivity contribution in [3.05, 3.63) is 12.2 Å². The van der Waals surface area contributed by atoms with Crippen molar-refractivity contribution >= 4 is 11.9 Å². The van der Waals surface area contributed by atoms with Crippen molar-refractivity contribution < 1.29 is 23.8 Å². The van der Waals surface area contributed by atoms with E-state index < -0.39 is 36.5 Å². The number of aromatic nitrogens is 3. The molecule has 1 saturated heterocycles. The lowest BCUT2D eigenvalue weighted by molar-refractivity contribution is -0.165. The van der Waals surface area contributed by atoms with Gasteiger partial charge in [-0.05, 0) is 6.92 Å². The highest BCUT2D eigenvalue weighted by molar-refractivity contribution is 5.67. The van der Waals surface area contributed by atoms with Crippen LogP contribution in [-0.4, -0.2) is 45.0 Å². The van der Waals surface area contributed by atoms with Crippen LogP contribution >= 0.6 is 0 Å². The maximum atomic E-state index is 11.3. The Hall–Kier alpha value is -2.47. The van der Waals surface area contributed by atoms with Gasteiger partial charge in [0.05, 0.1) is 6.10 Å². The summed E-state index contributed by atoms with van der Waals surface area (Å²) in [6.45, 7) is 4.19. The van der Waals surface area contributed by atoms with E-state index in [0.717, 1.165) is 0 Å². The molecule has 0 aliphatic carbocycles. The smallest absolute Gasteiger partial charge is 0.303 e. The molecule has 1 aromatic rings. The van der Waals surface area contributed by atoms with Crippen LogP contribution in [-0.2, 0) is 23.8 Å². The highest BCUT2D eigenvalue weighted by atomic mass is 16.6. The van der Waals surface area contributed by atoms with Gasteiger partial charge in [0.15, 0.2) is 18.4 Å². The Bertz CT molecular complexity index is 593. The molecule has 9 nitrogen and oxygen atoms in total. The molecule has 1 fully saturated rings. The minimum Gasteiger partial charge on any atom is -0.456 e. The summed E-state index contributed by atoms with van der Waals surface area (Å²) in [6.07, 6.45) is -1.65. The molecule has 0 unspecified atom stereocenters. The zero-order valence-corrected chi connectivity index (χ0v) is 11.7.